The lowest BCUT2D eigenvalue weighted by Gasteiger charge is -2.17. The molecular formula is C9H14N6O4. The fourth-order valence-electron chi connectivity index (χ4n) is 1.46. The van der Waals surface area contributed by atoms with Gasteiger partial charge in [-0.05, 0) is 6.92 Å². The van der Waals surface area contributed by atoms with Crippen LogP contribution in [-0.4, -0.2) is 54.0 Å². The van der Waals surface area contributed by atoms with E-state index >= 15 is 0 Å². The van der Waals surface area contributed by atoms with Gasteiger partial charge < -0.3 is 20.7 Å². The molecule has 0 saturated heterocycles. The lowest BCUT2D eigenvalue weighted by atomic mass is 10.2. The summed E-state index contributed by atoms with van der Waals surface area (Å²) in [5.41, 5.74) is 5.37. The van der Waals surface area contributed by atoms with Gasteiger partial charge in [0.25, 0.3) is 0 Å². The van der Waals surface area contributed by atoms with Crippen molar-refractivity contribution in [3.05, 3.63) is 10.5 Å². The smallest absolute Gasteiger partial charge is 0.353 e. The van der Waals surface area contributed by atoms with Crippen molar-refractivity contribution in [2.45, 2.75) is 25.9 Å². The van der Waals surface area contributed by atoms with E-state index in [9.17, 15) is 9.90 Å². The van der Waals surface area contributed by atoms with E-state index < -0.39 is 24.5 Å². The van der Waals surface area contributed by atoms with Gasteiger partial charge in [0.15, 0.2) is 17.0 Å². The van der Waals surface area contributed by atoms with E-state index in [0.717, 1.165) is 4.57 Å². The molecule has 0 saturated carbocycles. The first-order valence-electron chi connectivity index (χ1n) is 5.52. The lowest BCUT2D eigenvalue weighted by molar-refractivity contribution is -0.0716. The third-order valence-corrected chi connectivity index (χ3v) is 2.67. The van der Waals surface area contributed by atoms with Gasteiger partial charge in [0.1, 0.15) is 12.8 Å². The van der Waals surface area contributed by atoms with Gasteiger partial charge in [-0.3, -0.25) is 0 Å². The molecule has 0 aliphatic heterocycles. The second kappa shape index (κ2) is 5.30. The predicted molar refractivity (Wildman–Crippen MR) is 64.0 cm³/mol. The van der Waals surface area contributed by atoms with Crippen molar-refractivity contribution in [2.75, 3.05) is 12.3 Å². The first-order chi connectivity index (χ1) is 9.04. The van der Waals surface area contributed by atoms with Gasteiger partial charge in [-0.25, -0.2) is 9.36 Å². The van der Waals surface area contributed by atoms with Crippen molar-refractivity contribution in [2.24, 2.45) is 0 Å². The van der Waals surface area contributed by atoms with Crippen molar-refractivity contribution < 1.29 is 14.9 Å². The number of aromatic nitrogens is 5. The summed E-state index contributed by atoms with van der Waals surface area (Å²) >= 11 is 0. The summed E-state index contributed by atoms with van der Waals surface area (Å²) in [5.74, 6) is -0.0200. The number of nitrogen functional groups attached to an aromatic ring is 1. The number of nitrogens with one attached hydrogen (secondary N) is 1. The van der Waals surface area contributed by atoms with E-state index in [1.54, 1.807) is 6.92 Å². The molecule has 0 amide bonds. The maximum absolute atomic E-state index is 11.7. The molecule has 2 unspecified atom stereocenters. The average molecular weight is 270 g/mol. The highest BCUT2D eigenvalue weighted by Gasteiger charge is 2.16. The van der Waals surface area contributed by atoms with Crippen LogP contribution in [0.1, 0.15) is 6.92 Å². The van der Waals surface area contributed by atoms with Crippen LogP contribution in [-0.2, 0) is 11.5 Å². The van der Waals surface area contributed by atoms with Crippen molar-refractivity contribution in [3.8, 4) is 0 Å². The highest BCUT2D eigenvalue weighted by molar-refractivity contribution is 5.80. The van der Waals surface area contributed by atoms with Gasteiger partial charge in [0.05, 0.1) is 12.7 Å². The fourth-order valence-corrected chi connectivity index (χ4v) is 1.46. The number of H-pyrrole nitrogens is 1. The first kappa shape index (κ1) is 13.4. The van der Waals surface area contributed by atoms with Crippen LogP contribution in [0.5, 0.6) is 0 Å². The van der Waals surface area contributed by atoms with Gasteiger partial charge >= 0.3 is 5.69 Å². The molecular weight excluding hydrogens is 256 g/mol. The van der Waals surface area contributed by atoms with E-state index in [2.05, 4.69) is 20.4 Å². The number of nitrogens with two attached hydrogens (primary N) is 1. The molecule has 0 aromatic carbocycles. The molecule has 0 bridgehead atoms. The molecule has 0 fully saturated rings. The molecule has 2 aromatic heterocycles. The Labute approximate surface area is 106 Å². The van der Waals surface area contributed by atoms with Crippen LogP contribution < -0.4 is 11.4 Å². The third-order valence-electron chi connectivity index (χ3n) is 2.67. The van der Waals surface area contributed by atoms with Crippen molar-refractivity contribution >= 4 is 17.0 Å². The van der Waals surface area contributed by atoms with Crippen LogP contribution in [0.3, 0.4) is 0 Å². The molecule has 2 heterocycles. The Balaban J connectivity index is 2.26. The van der Waals surface area contributed by atoms with E-state index in [4.69, 9.17) is 15.6 Å². The van der Waals surface area contributed by atoms with Gasteiger partial charge in [-0.1, -0.05) is 0 Å². The Morgan fingerprint density at radius 1 is 1.53 bits per heavy atom. The maximum Gasteiger partial charge on any atom is 0.353 e. The summed E-state index contributed by atoms with van der Waals surface area (Å²) in [6, 6.07) is 0. The second-order valence-electron chi connectivity index (χ2n) is 3.95. The molecule has 104 valence electrons. The van der Waals surface area contributed by atoms with E-state index in [1.165, 1.54) is 0 Å². The van der Waals surface area contributed by atoms with E-state index in [-0.39, 0.29) is 23.7 Å². The molecule has 2 rings (SSSR count). The Hall–Kier alpha value is -2.04. The normalized spacial score (nSPS) is 14.7. The van der Waals surface area contributed by atoms with Crippen LogP contribution >= 0.6 is 0 Å². The molecule has 0 aliphatic carbocycles. The molecule has 5 N–H and O–H groups in total. The zero-order valence-electron chi connectivity index (χ0n) is 10.1. The van der Waals surface area contributed by atoms with Crippen LogP contribution in [0, 0.1) is 0 Å². The summed E-state index contributed by atoms with van der Waals surface area (Å²) in [4.78, 5) is 15.3. The minimum Gasteiger partial charge on any atom is -0.394 e. The number of aliphatic hydroxyl groups excluding tert-OH is 2. The Morgan fingerprint density at radius 2 is 2.26 bits per heavy atom. The van der Waals surface area contributed by atoms with Crippen LogP contribution in [0.25, 0.3) is 11.2 Å². The molecule has 0 radical (unpaired) electrons. The highest BCUT2D eigenvalue weighted by Crippen LogP contribution is 2.11. The summed E-state index contributed by atoms with van der Waals surface area (Å²) in [7, 11) is 0. The number of aromatic amines is 1. The van der Waals surface area contributed by atoms with Gasteiger partial charge in [0.2, 0.25) is 0 Å². The van der Waals surface area contributed by atoms with Crippen LogP contribution in [0.2, 0.25) is 0 Å². The third kappa shape index (κ3) is 2.54. The molecule has 0 aliphatic rings. The van der Waals surface area contributed by atoms with Gasteiger partial charge in [0, 0.05) is 0 Å². The quantitative estimate of drug-likeness (QED) is 0.478. The monoisotopic (exact) mass is 270 g/mol. The summed E-state index contributed by atoms with van der Waals surface area (Å²) < 4.78 is 6.39. The molecule has 2 aromatic rings. The average Bonchev–Trinajstić information content (AvgIpc) is 2.86. The number of hydrogen-bond donors (Lipinski definition) is 4. The Morgan fingerprint density at radius 3 is 2.95 bits per heavy atom. The Kier molecular flexibility index (Phi) is 3.74. The number of aliphatic hydroxyl groups is 2. The molecule has 0 spiro atoms. The number of hydrogen-bond acceptors (Lipinski definition) is 8. The minimum atomic E-state index is -1.04. The minimum absolute atomic E-state index is 0.0200. The van der Waals surface area contributed by atoms with E-state index in [1.807, 2.05) is 0 Å². The standard InChI is InChI=1S/C9H14N6O4/c1-4(5(17)2-16)19-3-15-8-6(12-14-13-8)7(10)11-9(15)18/h4-5,16-17H,2-3H2,1H3,(H2,10,11,18)(H,12,13,14). The first-order valence-corrected chi connectivity index (χ1v) is 5.52. The number of nitrogens with zero attached hydrogens (tertiary/aromatic N) is 4. The zero-order valence-corrected chi connectivity index (χ0v) is 10.1. The number of anilines is 1. The topological polar surface area (TPSA) is 152 Å². The summed E-state index contributed by atoms with van der Waals surface area (Å²) in [5, 5.41) is 28.0. The molecule has 19 heavy (non-hydrogen) atoms. The van der Waals surface area contributed by atoms with Crippen LogP contribution in [0.4, 0.5) is 5.82 Å². The van der Waals surface area contributed by atoms with Crippen molar-refractivity contribution in [1.29, 1.82) is 0 Å². The fraction of sp³-hybridized carbons (Fsp3) is 0.556. The molecule has 10 heteroatoms. The van der Waals surface area contributed by atoms with Crippen molar-refractivity contribution in [3.63, 3.8) is 0 Å². The van der Waals surface area contributed by atoms with E-state index in [0.29, 0.717) is 0 Å². The largest absolute Gasteiger partial charge is 0.394 e. The molecule has 10 nitrogen and oxygen atoms in total. The number of ether oxygens (including phenoxy) is 1. The van der Waals surface area contributed by atoms with Gasteiger partial charge in [-0.2, -0.15) is 15.3 Å². The predicted octanol–water partition coefficient (Wildman–Crippen LogP) is -2.19. The zero-order chi connectivity index (χ0) is 14.0. The number of fused-ring (bicyclic) bond motifs is 1. The maximum atomic E-state index is 11.7. The summed E-state index contributed by atoms with van der Waals surface area (Å²) in [6.07, 6.45) is -1.69. The van der Waals surface area contributed by atoms with Crippen LogP contribution in [0.15, 0.2) is 4.79 Å². The summed E-state index contributed by atoms with van der Waals surface area (Å²) in [6.45, 7) is 0.944. The van der Waals surface area contributed by atoms with Gasteiger partial charge in [-0.15, -0.1) is 5.10 Å². The second-order valence-corrected chi connectivity index (χ2v) is 3.95. The molecule has 2 atom stereocenters. The lowest BCUT2D eigenvalue weighted by Crippen LogP contribution is -2.33. The Bertz CT molecular complexity index is 623. The SMILES string of the molecule is CC(OCn1c(=O)nc(N)c2n[nH]nc21)C(O)CO. The highest BCUT2D eigenvalue weighted by atomic mass is 16.5. The number of rotatable bonds is 5. The van der Waals surface area contributed by atoms with Crippen molar-refractivity contribution in [1.82, 2.24) is 25.0 Å².